The molecular weight excluding hydrogens is 351 g/mol. The minimum Gasteiger partial charge on any atom is -0.300 e. The summed E-state index contributed by atoms with van der Waals surface area (Å²) in [5.74, 6) is 0.205. The van der Waals surface area contributed by atoms with E-state index in [1.807, 2.05) is 0 Å². The van der Waals surface area contributed by atoms with Crippen molar-refractivity contribution in [2.24, 2.45) is 0 Å². The van der Waals surface area contributed by atoms with Gasteiger partial charge in [-0.1, -0.05) is 110 Å². The second kappa shape index (κ2) is 20.6. The largest absolute Gasteiger partial charge is 0.300 e. The Hall–Kier alpha value is 0.250. The molecule has 0 aromatic heterocycles. The van der Waals surface area contributed by atoms with Crippen molar-refractivity contribution < 1.29 is 4.79 Å². The zero-order valence-corrected chi connectivity index (χ0v) is 18.2. The summed E-state index contributed by atoms with van der Waals surface area (Å²) in [7, 11) is 0. The first-order valence-electron chi connectivity index (χ1n) is 11.0. The smallest absolute Gasteiger partial charge is 0.135 e. The molecule has 0 aromatic rings. The van der Waals surface area contributed by atoms with Crippen molar-refractivity contribution >= 4 is 29.0 Å². The molecule has 0 amide bonds. The molecule has 0 bridgehead atoms. The van der Waals surface area contributed by atoms with Crippen LogP contribution in [0.15, 0.2) is 0 Å². The number of carbonyl (C=O) groups is 1. The van der Waals surface area contributed by atoms with E-state index >= 15 is 0 Å². The zero-order chi connectivity index (χ0) is 18.6. The predicted molar refractivity (Wildman–Crippen MR) is 114 cm³/mol. The predicted octanol–water partition coefficient (Wildman–Crippen LogP) is 8.79. The molecule has 1 nitrogen and oxygen atoms in total. The Morgan fingerprint density at radius 3 is 1.24 bits per heavy atom. The van der Waals surface area contributed by atoms with Gasteiger partial charge < -0.3 is 0 Å². The Kier molecular flexibility index (Phi) is 20.8. The van der Waals surface area contributed by atoms with E-state index in [4.69, 9.17) is 23.2 Å². The number of carbonyl (C=O) groups excluding carboxylic acids is 1. The molecule has 3 heteroatoms. The molecule has 0 fully saturated rings. The molecule has 0 N–H and O–H groups in total. The van der Waals surface area contributed by atoms with Crippen LogP contribution in [0.4, 0.5) is 0 Å². The standard InChI is InChI=1S/C22H42Cl2O/c1-2-3-4-5-6-7-8-9-10-11-12-13-14-15-16-17-18-19-21(25)20-22(23)24/h22H,2-20H2,1H3. The number of hydrogen-bond donors (Lipinski definition) is 0. The third kappa shape index (κ3) is 22.2. The summed E-state index contributed by atoms with van der Waals surface area (Å²) < 4.78 is 0. The lowest BCUT2D eigenvalue weighted by atomic mass is 10.0. The number of alkyl halides is 2. The Balaban J connectivity index is 3.06. The van der Waals surface area contributed by atoms with Gasteiger partial charge in [0, 0.05) is 12.8 Å². The molecule has 0 unspecified atom stereocenters. The normalized spacial score (nSPS) is 11.4. The fraction of sp³-hybridized carbons (Fsp3) is 0.955. The van der Waals surface area contributed by atoms with Crippen LogP contribution in [0.25, 0.3) is 0 Å². The van der Waals surface area contributed by atoms with Crippen LogP contribution >= 0.6 is 23.2 Å². The first kappa shape index (κ1) is 25.2. The van der Waals surface area contributed by atoms with Crippen LogP contribution < -0.4 is 0 Å². The number of ketones is 1. The maximum atomic E-state index is 11.4. The number of Topliss-reactive ketones (excluding diaryl/α,β-unsaturated/α-hetero) is 1. The third-order valence-electron chi connectivity index (χ3n) is 4.94. The van der Waals surface area contributed by atoms with E-state index in [0.717, 1.165) is 6.42 Å². The number of halogens is 2. The lowest BCUT2D eigenvalue weighted by Gasteiger charge is -2.04. The molecule has 0 aromatic carbocycles. The maximum absolute atomic E-state index is 11.4. The first-order valence-corrected chi connectivity index (χ1v) is 11.8. The van der Waals surface area contributed by atoms with Gasteiger partial charge in [-0.2, -0.15) is 0 Å². The van der Waals surface area contributed by atoms with E-state index in [1.54, 1.807) is 0 Å². The number of hydrogen-bond acceptors (Lipinski definition) is 1. The van der Waals surface area contributed by atoms with Crippen LogP contribution in [0.1, 0.15) is 129 Å². The van der Waals surface area contributed by atoms with Crippen LogP contribution in [-0.4, -0.2) is 10.6 Å². The molecule has 0 radical (unpaired) electrons. The molecule has 0 saturated carbocycles. The van der Waals surface area contributed by atoms with Crippen molar-refractivity contribution in [3.05, 3.63) is 0 Å². The van der Waals surface area contributed by atoms with E-state index in [9.17, 15) is 4.79 Å². The Morgan fingerprint density at radius 1 is 0.600 bits per heavy atom. The fourth-order valence-corrected chi connectivity index (χ4v) is 3.67. The van der Waals surface area contributed by atoms with E-state index in [-0.39, 0.29) is 5.78 Å². The summed E-state index contributed by atoms with van der Waals surface area (Å²) in [6, 6.07) is 0. The summed E-state index contributed by atoms with van der Waals surface area (Å²) in [5.41, 5.74) is 0. The van der Waals surface area contributed by atoms with Crippen LogP contribution in [0.5, 0.6) is 0 Å². The molecule has 0 rings (SSSR count). The molecule has 0 aliphatic heterocycles. The topological polar surface area (TPSA) is 17.1 Å². The molecule has 0 aliphatic carbocycles. The zero-order valence-electron chi connectivity index (χ0n) is 16.7. The lowest BCUT2D eigenvalue weighted by Crippen LogP contribution is -2.02. The summed E-state index contributed by atoms with van der Waals surface area (Å²) in [4.78, 5) is 10.9. The molecule has 0 saturated heterocycles. The Labute approximate surface area is 167 Å². The highest BCUT2D eigenvalue weighted by Gasteiger charge is 2.07. The molecule has 150 valence electrons. The average molecular weight is 393 g/mol. The second-order valence-corrected chi connectivity index (χ2v) is 8.82. The SMILES string of the molecule is CCCCCCCCCCCCCCCCCCCC(=O)CC(Cl)Cl. The van der Waals surface area contributed by atoms with E-state index < -0.39 is 4.84 Å². The van der Waals surface area contributed by atoms with Crippen LogP contribution in [0, 0.1) is 0 Å². The van der Waals surface area contributed by atoms with Crippen LogP contribution in [-0.2, 0) is 4.79 Å². The molecule has 0 spiro atoms. The summed E-state index contributed by atoms with van der Waals surface area (Å²) in [6.07, 6.45) is 24.1. The summed E-state index contributed by atoms with van der Waals surface area (Å²) in [5, 5.41) is 0. The van der Waals surface area contributed by atoms with Crippen molar-refractivity contribution in [1.82, 2.24) is 0 Å². The number of rotatable bonds is 20. The van der Waals surface area contributed by atoms with Crippen molar-refractivity contribution in [2.75, 3.05) is 0 Å². The minimum atomic E-state index is -0.529. The van der Waals surface area contributed by atoms with Crippen molar-refractivity contribution in [1.29, 1.82) is 0 Å². The molecule has 0 aliphatic rings. The molecule has 0 atom stereocenters. The van der Waals surface area contributed by atoms with Gasteiger partial charge in [-0.25, -0.2) is 0 Å². The highest BCUT2D eigenvalue weighted by molar-refractivity contribution is 6.45. The van der Waals surface area contributed by atoms with Gasteiger partial charge in [0.15, 0.2) is 0 Å². The van der Waals surface area contributed by atoms with E-state index in [2.05, 4.69) is 6.92 Å². The van der Waals surface area contributed by atoms with Gasteiger partial charge in [-0.15, -0.1) is 23.2 Å². The highest BCUT2D eigenvalue weighted by atomic mass is 35.5. The molecule has 0 heterocycles. The lowest BCUT2D eigenvalue weighted by molar-refractivity contribution is -0.118. The van der Waals surface area contributed by atoms with Crippen LogP contribution in [0.2, 0.25) is 0 Å². The van der Waals surface area contributed by atoms with Gasteiger partial charge in [0.25, 0.3) is 0 Å². The maximum Gasteiger partial charge on any atom is 0.135 e. The average Bonchev–Trinajstić information content (AvgIpc) is 2.57. The monoisotopic (exact) mass is 392 g/mol. The van der Waals surface area contributed by atoms with Gasteiger partial charge in [0.1, 0.15) is 10.6 Å². The van der Waals surface area contributed by atoms with Crippen molar-refractivity contribution in [2.45, 2.75) is 134 Å². The van der Waals surface area contributed by atoms with Gasteiger partial charge >= 0.3 is 0 Å². The van der Waals surface area contributed by atoms with Crippen molar-refractivity contribution in [3.63, 3.8) is 0 Å². The van der Waals surface area contributed by atoms with Crippen LogP contribution in [0.3, 0.4) is 0 Å². The van der Waals surface area contributed by atoms with E-state index in [0.29, 0.717) is 12.8 Å². The van der Waals surface area contributed by atoms with Gasteiger partial charge in [0.2, 0.25) is 0 Å². The molecular formula is C22H42Cl2O. The Bertz CT molecular complexity index is 279. The first-order chi connectivity index (χ1) is 12.2. The quantitative estimate of drug-likeness (QED) is 0.149. The molecule has 25 heavy (non-hydrogen) atoms. The Morgan fingerprint density at radius 2 is 0.920 bits per heavy atom. The summed E-state index contributed by atoms with van der Waals surface area (Å²) in [6.45, 7) is 2.28. The van der Waals surface area contributed by atoms with Gasteiger partial charge in [-0.05, 0) is 6.42 Å². The van der Waals surface area contributed by atoms with Gasteiger partial charge in [-0.3, -0.25) is 4.79 Å². The summed E-state index contributed by atoms with van der Waals surface area (Å²) >= 11 is 11.2. The second-order valence-electron chi connectivity index (χ2n) is 7.54. The number of unbranched alkanes of at least 4 members (excludes halogenated alkanes) is 16. The fourth-order valence-electron chi connectivity index (χ4n) is 3.32. The highest BCUT2D eigenvalue weighted by Crippen LogP contribution is 2.15. The third-order valence-corrected chi connectivity index (χ3v) is 5.25. The van der Waals surface area contributed by atoms with E-state index in [1.165, 1.54) is 103 Å². The van der Waals surface area contributed by atoms with Crippen molar-refractivity contribution in [3.8, 4) is 0 Å². The van der Waals surface area contributed by atoms with Gasteiger partial charge in [0.05, 0.1) is 0 Å². The minimum absolute atomic E-state index is 0.205.